The number of carbonyl (C=O) groups excluding carboxylic acids is 1. The van der Waals surface area contributed by atoms with Gasteiger partial charge in [0.15, 0.2) is 0 Å². The van der Waals surface area contributed by atoms with Gasteiger partial charge in [0, 0.05) is 37.8 Å². The molecule has 7 nitrogen and oxygen atoms in total. The van der Waals surface area contributed by atoms with Gasteiger partial charge in [-0.3, -0.25) is 14.4 Å². The summed E-state index contributed by atoms with van der Waals surface area (Å²) in [6.07, 6.45) is 0.774. The molecule has 0 aliphatic carbocycles. The Morgan fingerprint density at radius 1 is 1.26 bits per heavy atom. The molecule has 2 N–H and O–H groups in total. The number of halogens is 3. The van der Waals surface area contributed by atoms with Crippen LogP contribution in [0.15, 0.2) is 42.7 Å². The number of amides is 1. The molecule has 2 aromatic rings. The van der Waals surface area contributed by atoms with Gasteiger partial charge in [-0.2, -0.15) is 18.3 Å². The summed E-state index contributed by atoms with van der Waals surface area (Å²) >= 11 is 0. The van der Waals surface area contributed by atoms with Crippen LogP contribution in [0.5, 0.6) is 0 Å². The number of alkyl halides is 3. The number of hydrogen-bond donors (Lipinski definition) is 2. The normalized spacial score (nSPS) is 20.8. The van der Waals surface area contributed by atoms with Gasteiger partial charge in [-0.05, 0) is 31.5 Å². The lowest BCUT2D eigenvalue weighted by atomic mass is 9.68. The van der Waals surface area contributed by atoms with Gasteiger partial charge < -0.3 is 10.4 Å². The number of aliphatic carboxylic acids is 1. The Bertz CT molecular complexity index is 906. The highest BCUT2D eigenvalue weighted by Gasteiger charge is 2.51. The van der Waals surface area contributed by atoms with Gasteiger partial charge in [-0.15, -0.1) is 0 Å². The third kappa shape index (κ3) is 5.25. The van der Waals surface area contributed by atoms with E-state index in [0.29, 0.717) is 5.92 Å². The number of nitrogens with zero attached hydrogens (tertiary/aromatic N) is 3. The molecule has 3 heterocycles. The van der Waals surface area contributed by atoms with Gasteiger partial charge in [-0.1, -0.05) is 30.3 Å². The number of carboxylic acids is 1. The lowest BCUT2D eigenvalue weighted by Crippen LogP contribution is -2.45. The minimum absolute atomic E-state index is 0.229. The fraction of sp³-hybridized carbons (Fsp3) is 0.476. The quantitative estimate of drug-likeness (QED) is 0.769. The summed E-state index contributed by atoms with van der Waals surface area (Å²) in [5.41, 5.74) is 2.30. The molecule has 1 spiro atoms. The highest BCUT2D eigenvalue weighted by atomic mass is 19.4. The average molecular weight is 438 g/mol. The molecular weight excluding hydrogens is 413 g/mol. The van der Waals surface area contributed by atoms with Gasteiger partial charge in [0.1, 0.15) is 0 Å². The van der Waals surface area contributed by atoms with E-state index in [-0.39, 0.29) is 11.3 Å². The molecule has 1 amide bonds. The summed E-state index contributed by atoms with van der Waals surface area (Å²) in [5, 5.41) is 14.5. The third-order valence-electron chi connectivity index (χ3n) is 5.94. The van der Waals surface area contributed by atoms with Crippen LogP contribution < -0.4 is 5.32 Å². The highest BCUT2D eigenvalue weighted by Crippen LogP contribution is 2.47. The van der Waals surface area contributed by atoms with Gasteiger partial charge >= 0.3 is 12.1 Å². The van der Waals surface area contributed by atoms with Crippen molar-refractivity contribution in [1.29, 1.82) is 0 Å². The first-order valence-corrected chi connectivity index (χ1v) is 9.95. The zero-order chi connectivity index (χ0) is 22.6. The number of rotatable bonds is 3. The van der Waals surface area contributed by atoms with Crippen molar-refractivity contribution in [2.24, 2.45) is 12.5 Å². The number of nitrogens with one attached hydrogen (secondary N) is 1. The van der Waals surface area contributed by atoms with Crippen LogP contribution in [0.1, 0.15) is 29.9 Å². The Labute approximate surface area is 177 Å². The molecule has 0 radical (unpaired) electrons. The second-order valence-corrected chi connectivity index (χ2v) is 7.93. The van der Waals surface area contributed by atoms with E-state index in [4.69, 9.17) is 9.90 Å². The molecule has 10 heteroatoms. The zero-order valence-electron chi connectivity index (χ0n) is 17.1. The van der Waals surface area contributed by atoms with E-state index in [1.54, 1.807) is 0 Å². The SMILES string of the molecule is Cn1cc(CN2CCC3(CC2)C(=O)NCC3c2ccccc2)cn1.O=C(O)C(F)(F)F. The van der Waals surface area contributed by atoms with Crippen molar-refractivity contribution >= 4 is 11.9 Å². The third-order valence-corrected chi connectivity index (χ3v) is 5.94. The predicted molar refractivity (Wildman–Crippen MR) is 106 cm³/mol. The van der Waals surface area contributed by atoms with Gasteiger partial charge in [-0.25, -0.2) is 4.79 Å². The summed E-state index contributed by atoms with van der Waals surface area (Å²) in [6.45, 7) is 3.62. The summed E-state index contributed by atoms with van der Waals surface area (Å²) in [7, 11) is 1.95. The van der Waals surface area contributed by atoms with Crippen molar-refractivity contribution in [3.63, 3.8) is 0 Å². The van der Waals surface area contributed by atoms with Crippen molar-refractivity contribution in [2.45, 2.75) is 31.5 Å². The summed E-state index contributed by atoms with van der Waals surface area (Å²) in [5.74, 6) is -2.21. The van der Waals surface area contributed by atoms with Gasteiger partial charge in [0.05, 0.1) is 11.6 Å². The fourth-order valence-electron chi connectivity index (χ4n) is 4.34. The molecule has 2 aliphatic rings. The first kappa shape index (κ1) is 22.8. The number of carbonyl (C=O) groups is 2. The predicted octanol–water partition coefficient (Wildman–Crippen LogP) is 2.55. The lowest BCUT2D eigenvalue weighted by Gasteiger charge is -2.41. The van der Waals surface area contributed by atoms with E-state index < -0.39 is 12.1 Å². The topological polar surface area (TPSA) is 87.5 Å². The molecule has 0 bridgehead atoms. The van der Waals surface area contributed by atoms with Crippen molar-refractivity contribution in [3.8, 4) is 0 Å². The van der Waals surface area contributed by atoms with Crippen molar-refractivity contribution < 1.29 is 27.9 Å². The molecule has 0 saturated carbocycles. The first-order chi connectivity index (χ1) is 14.6. The Hall–Kier alpha value is -2.88. The van der Waals surface area contributed by atoms with Crippen LogP contribution in [0.4, 0.5) is 13.2 Å². The molecule has 2 saturated heterocycles. The summed E-state index contributed by atoms with van der Waals surface area (Å²) < 4.78 is 33.6. The zero-order valence-corrected chi connectivity index (χ0v) is 17.1. The van der Waals surface area contributed by atoms with Crippen molar-refractivity contribution in [3.05, 3.63) is 53.9 Å². The van der Waals surface area contributed by atoms with Gasteiger partial charge in [0.2, 0.25) is 5.91 Å². The fourth-order valence-corrected chi connectivity index (χ4v) is 4.34. The minimum atomic E-state index is -5.08. The molecule has 4 rings (SSSR count). The highest BCUT2D eigenvalue weighted by molar-refractivity contribution is 5.86. The molecule has 2 aliphatic heterocycles. The molecule has 1 unspecified atom stereocenters. The maximum atomic E-state index is 12.7. The molecule has 1 aromatic carbocycles. The van der Waals surface area contributed by atoms with Crippen LogP contribution in [-0.4, -0.2) is 57.5 Å². The first-order valence-electron chi connectivity index (χ1n) is 9.95. The lowest BCUT2D eigenvalue weighted by molar-refractivity contribution is -0.192. The Morgan fingerprint density at radius 2 is 1.87 bits per heavy atom. The minimum Gasteiger partial charge on any atom is -0.475 e. The second-order valence-electron chi connectivity index (χ2n) is 7.93. The standard InChI is InChI=1S/C19H24N4O.C2HF3O2/c1-22-13-15(11-21-22)14-23-9-7-19(8-10-23)17(12-20-18(19)24)16-5-3-2-4-6-16;3-2(4,5)1(6)7/h2-6,11,13,17H,7-10,12,14H2,1H3,(H,20,24);(H,6,7). The van der Waals surface area contributed by atoms with Crippen LogP contribution in [0.2, 0.25) is 0 Å². The maximum absolute atomic E-state index is 12.7. The Kier molecular flexibility index (Phi) is 6.68. The monoisotopic (exact) mass is 438 g/mol. The van der Waals surface area contributed by atoms with Crippen LogP contribution in [-0.2, 0) is 23.2 Å². The van der Waals surface area contributed by atoms with E-state index in [9.17, 15) is 18.0 Å². The van der Waals surface area contributed by atoms with Crippen LogP contribution in [0.3, 0.4) is 0 Å². The summed E-state index contributed by atoms with van der Waals surface area (Å²) in [6, 6.07) is 10.5. The van der Waals surface area contributed by atoms with Crippen LogP contribution >= 0.6 is 0 Å². The maximum Gasteiger partial charge on any atom is 0.490 e. The number of hydrogen-bond acceptors (Lipinski definition) is 4. The smallest absolute Gasteiger partial charge is 0.475 e. The molecular formula is C21H25F3N4O3. The van der Waals surface area contributed by atoms with E-state index in [1.807, 2.05) is 24.0 Å². The van der Waals surface area contributed by atoms with E-state index >= 15 is 0 Å². The molecule has 168 valence electrons. The Balaban J connectivity index is 0.000000339. The van der Waals surface area contributed by atoms with E-state index in [1.165, 1.54) is 11.1 Å². The number of benzene rings is 1. The number of carboxylic acid groups (broad SMARTS) is 1. The van der Waals surface area contributed by atoms with Crippen molar-refractivity contribution in [2.75, 3.05) is 19.6 Å². The van der Waals surface area contributed by atoms with Crippen molar-refractivity contribution in [1.82, 2.24) is 20.0 Å². The second kappa shape index (κ2) is 9.09. The number of aromatic nitrogens is 2. The van der Waals surface area contributed by atoms with Crippen LogP contribution in [0.25, 0.3) is 0 Å². The molecule has 31 heavy (non-hydrogen) atoms. The molecule has 2 fully saturated rings. The number of likely N-dealkylation sites (tertiary alicyclic amines) is 1. The van der Waals surface area contributed by atoms with E-state index in [0.717, 1.165) is 39.0 Å². The van der Waals surface area contributed by atoms with Crippen LogP contribution in [0, 0.1) is 5.41 Å². The largest absolute Gasteiger partial charge is 0.490 e. The molecule has 1 aromatic heterocycles. The number of piperidine rings is 1. The van der Waals surface area contributed by atoms with E-state index in [2.05, 4.69) is 45.8 Å². The Morgan fingerprint density at radius 3 is 2.39 bits per heavy atom. The van der Waals surface area contributed by atoms with Gasteiger partial charge in [0.25, 0.3) is 0 Å². The number of aryl methyl sites for hydroxylation is 1. The average Bonchev–Trinajstić information content (AvgIpc) is 3.27. The summed E-state index contributed by atoms with van der Waals surface area (Å²) in [4.78, 5) is 24.0. The molecule has 1 atom stereocenters.